The van der Waals surface area contributed by atoms with Crippen LogP contribution in [0.5, 0.6) is 0 Å². The second kappa shape index (κ2) is 8.10. The van der Waals surface area contributed by atoms with Gasteiger partial charge in [0.25, 0.3) is 0 Å². The van der Waals surface area contributed by atoms with Gasteiger partial charge in [-0.25, -0.2) is 0 Å². The summed E-state index contributed by atoms with van der Waals surface area (Å²) in [6.07, 6.45) is 3.14. The van der Waals surface area contributed by atoms with E-state index >= 15 is 0 Å². The lowest BCUT2D eigenvalue weighted by Crippen LogP contribution is -2.49. The minimum absolute atomic E-state index is 0.283. The molecule has 0 aromatic rings. The predicted octanol–water partition coefficient (Wildman–Crippen LogP) is 1.10. The fourth-order valence-electron chi connectivity index (χ4n) is 2.79. The second-order valence-electron chi connectivity index (χ2n) is 5.78. The number of rotatable bonds is 8. The Morgan fingerprint density at radius 2 is 2.00 bits per heavy atom. The first-order valence-corrected chi connectivity index (χ1v) is 7.21. The molecule has 0 radical (unpaired) electrons. The summed E-state index contributed by atoms with van der Waals surface area (Å²) in [7, 11) is 2.03. The summed E-state index contributed by atoms with van der Waals surface area (Å²) in [5, 5.41) is 12.4. The van der Waals surface area contributed by atoms with Gasteiger partial charge in [-0.15, -0.1) is 0 Å². The zero-order valence-electron chi connectivity index (χ0n) is 12.2. The summed E-state index contributed by atoms with van der Waals surface area (Å²) < 4.78 is 5.51. The third-order valence-corrected chi connectivity index (χ3v) is 3.98. The normalized spacial score (nSPS) is 19.7. The number of aliphatic hydroxyl groups is 1. The summed E-state index contributed by atoms with van der Waals surface area (Å²) in [5.41, 5.74) is 0.340. The minimum atomic E-state index is 0.283. The molecule has 0 saturated carbocycles. The molecular formula is C14H30N2O2. The fourth-order valence-corrected chi connectivity index (χ4v) is 2.79. The summed E-state index contributed by atoms with van der Waals surface area (Å²) in [4.78, 5) is 2.50. The Morgan fingerprint density at radius 1 is 1.33 bits per heavy atom. The van der Waals surface area contributed by atoms with Gasteiger partial charge in [0.15, 0.2) is 0 Å². The Bertz CT molecular complexity index is 210. The van der Waals surface area contributed by atoms with Crippen molar-refractivity contribution >= 4 is 0 Å². The van der Waals surface area contributed by atoms with Gasteiger partial charge in [0.2, 0.25) is 0 Å². The van der Waals surface area contributed by atoms with Gasteiger partial charge in [0.05, 0.1) is 0 Å². The molecule has 1 fully saturated rings. The van der Waals surface area contributed by atoms with Gasteiger partial charge in [0.1, 0.15) is 0 Å². The van der Waals surface area contributed by atoms with Crippen LogP contribution in [0.3, 0.4) is 0 Å². The van der Waals surface area contributed by atoms with Crippen molar-refractivity contribution in [2.24, 2.45) is 5.41 Å². The lowest BCUT2D eigenvalue weighted by molar-refractivity contribution is -0.00950. The van der Waals surface area contributed by atoms with Crippen molar-refractivity contribution in [3.05, 3.63) is 0 Å². The van der Waals surface area contributed by atoms with Gasteiger partial charge >= 0.3 is 0 Å². The van der Waals surface area contributed by atoms with Crippen LogP contribution >= 0.6 is 0 Å². The van der Waals surface area contributed by atoms with Gasteiger partial charge in [0, 0.05) is 45.5 Å². The van der Waals surface area contributed by atoms with Crippen LogP contribution in [0, 0.1) is 5.41 Å². The molecular weight excluding hydrogens is 228 g/mol. The maximum atomic E-state index is 9.01. The smallest absolute Gasteiger partial charge is 0.0472 e. The van der Waals surface area contributed by atoms with Gasteiger partial charge in [-0.05, 0) is 45.6 Å². The highest BCUT2D eigenvalue weighted by Crippen LogP contribution is 2.31. The molecule has 0 aromatic heterocycles. The first kappa shape index (κ1) is 15.9. The third-order valence-electron chi connectivity index (χ3n) is 3.98. The average Bonchev–Trinajstić information content (AvgIpc) is 2.35. The molecule has 2 N–H and O–H groups in total. The van der Waals surface area contributed by atoms with Crippen LogP contribution < -0.4 is 5.32 Å². The maximum absolute atomic E-state index is 9.01. The monoisotopic (exact) mass is 258 g/mol. The van der Waals surface area contributed by atoms with Gasteiger partial charge < -0.3 is 20.1 Å². The van der Waals surface area contributed by atoms with E-state index in [2.05, 4.69) is 24.1 Å². The van der Waals surface area contributed by atoms with E-state index in [9.17, 15) is 0 Å². The van der Waals surface area contributed by atoms with E-state index in [0.717, 1.165) is 52.1 Å². The van der Waals surface area contributed by atoms with Crippen LogP contribution in [0.1, 0.15) is 33.1 Å². The number of ether oxygens (including phenoxy) is 1. The molecule has 1 rings (SSSR count). The maximum Gasteiger partial charge on any atom is 0.0472 e. The Morgan fingerprint density at radius 3 is 2.50 bits per heavy atom. The molecule has 0 unspecified atom stereocenters. The average molecular weight is 258 g/mol. The Kier molecular flexibility index (Phi) is 7.15. The van der Waals surface area contributed by atoms with E-state index in [1.165, 1.54) is 0 Å². The van der Waals surface area contributed by atoms with Crippen molar-refractivity contribution in [3.63, 3.8) is 0 Å². The number of nitrogens with one attached hydrogen (secondary N) is 1. The zero-order chi connectivity index (χ0) is 13.4. The third kappa shape index (κ3) is 4.84. The van der Waals surface area contributed by atoms with Crippen molar-refractivity contribution in [2.45, 2.75) is 39.2 Å². The predicted molar refractivity (Wildman–Crippen MR) is 74.8 cm³/mol. The summed E-state index contributed by atoms with van der Waals surface area (Å²) >= 11 is 0. The van der Waals surface area contributed by atoms with E-state index in [4.69, 9.17) is 9.84 Å². The van der Waals surface area contributed by atoms with E-state index in [1.54, 1.807) is 0 Å². The van der Waals surface area contributed by atoms with Crippen molar-refractivity contribution in [1.82, 2.24) is 10.2 Å². The minimum Gasteiger partial charge on any atom is -0.396 e. The van der Waals surface area contributed by atoms with Crippen LogP contribution in [0.4, 0.5) is 0 Å². The van der Waals surface area contributed by atoms with Gasteiger partial charge in [-0.3, -0.25) is 0 Å². The zero-order valence-corrected chi connectivity index (χ0v) is 12.2. The van der Waals surface area contributed by atoms with Crippen molar-refractivity contribution in [3.8, 4) is 0 Å². The van der Waals surface area contributed by atoms with E-state index in [1.807, 2.05) is 7.05 Å². The first-order valence-electron chi connectivity index (χ1n) is 7.21. The van der Waals surface area contributed by atoms with Crippen LogP contribution in [0.25, 0.3) is 0 Å². The van der Waals surface area contributed by atoms with Crippen molar-refractivity contribution < 1.29 is 9.84 Å². The summed E-state index contributed by atoms with van der Waals surface area (Å²) in [6, 6.07) is 0.535. The molecule has 0 bridgehead atoms. The number of aliphatic hydroxyl groups excluding tert-OH is 1. The highest BCUT2D eigenvalue weighted by molar-refractivity contribution is 4.87. The fraction of sp³-hybridized carbons (Fsp3) is 1.00. The molecule has 0 aromatic carbocycles. The molecule has 1 aliphatic heterocycles. The van der Waals surface area contributed by atoms with Crippen molar-refractivity contribution in [2.75, 3.05) is 46.5 Å². The summed E-state index contributed by atoms with van der Waals surface area (Å²) in [6.45, 7) is 9.67. The van der Waals surface area contributed by atoms with Crippen LogP contribution in [0.2, 0.25) is 0 Å². The quantitative estimate of drug-likeness (QED) is 0.684. The molecule has 108 valence electrons. The summed E-state index contributed by atoms with van der Waals surface area (Å²) in [5.74, 6) is 0. The number of hydrogen-bond donors (Lipinski definition) is 2. The molecule has 1 aliphatic rings. The van der Waals surface area contributed by atoms with Crippen molar-refractivity contribution in [1.29, 1.82) is 0 Å². The van der Waals surface area contributed by atoms with Crippen LogP contribution in [0.15, 0.2) is 0 Å². The molecule has 1 saturated heterocycles. The van der Waals surface area contributed by atoms with Crippen LogP contribution in [-0.2, 0) is 4.74 Å². The molecule has 4 heteroatoms. The van der Waals surface area contributed by atoms with Gasteiger partial charge in [-0.1, -0.05) is 0 Å². The Hall–Kier alpha value is -0.160. The highest BCUT2D eigenvalue weighted by atomic mass is 16.5. The lowest BCUT2D eigenvalue weighted by atomic mass is 9.79. The largest absolute Gasteiger partial charge is 0.396 e. The van der Waals surface area contributed by atoms with Gasteiger partial charge in [-0.2, -0.15) is 0 Å². The first-order chi connectivity index (χ1) is 8.63. The lowest BCUT2D eigenvalue weighted by Gasteiger charge is -2.42. The molecule has 18 heavy (non-hydrogen) atoms. The Labute approximate surface area is 112 Å². The molecule has 0 spiro atoms. The second-order valence-corrected chi connectivity index (χ2v) is 5.78. The molecule has 0 atom stereocenters. The topological polar surface area (TPSA) is 44.7 Å². The van der Waals surface area contributed by atoms with E-state index < -0.39 is 0 Å². The van der Waals surface area contributed by atoms with Crippen LogP contribution in [-0.4, -0.2) is 62.6 Å². The highest BCUT2D eigenvalue weighted by Gasteiger charge is 2.34. The molecule has 0 aliphatic carbocycles. The molecule has 4 nitrogen and oxygen atoms in total. The Balaban J connectivity index is 2.60. The standard InChI is InChI=1S/C14H30N2O2/c1-13(2)16(7-4-8-17)12-14(11-15-3)5-9-18-10-6-14/h13,15,17H,4-12H2,1-3H3. The van der Waals surface area contributed by atoms with E-state index in [0.29, 0.717) is 11.5 Å². The SMILES string of the molecule is CNCC1(CN(CCCO)C(C)C)CCOCC1. The number of nitrogens with zero attached hydrogens (tertiary/aromatic N) is 1. The molecule has 0 amide bonds. The molecule has 1 heterocycles. The van der Waals surface area contributed by atoms with E-state index in [-0.39, 0.29) is 6.61 Å². The number of hydrogen-bond acceptors (Lipinski definition) is 4.